The van der Waals surface area contributed by atoms with Gasteiger partial charge in [0, 0.05) is 19.1 Å². The van der Waals surface area contributed by atoms with Crippen molar-refractivity contribution >= 4 is 0 Å². The van der Waals surface area contributed by atoms with Gasteiger partial charge in [0.2, 0.25) is 0 Å². The normalized spacial score (nSPS) is 39.2. The Morgan fingerprint density at radius 3 is 2.67 bits per heavy atom. The molecule has 0 aromatic carbocycles. The molecule has 0 amide bonds. The van der Waals surface area contributed by atoms with Crippen molar-refractivity contribution in [1.82, 2.24) is 4.90 Å². The fourth-order valence-electron chi connectivity index (χ4n) is 3.16. The van der Waals surface area contributed by atoms with Crippen LogP contribution in [0.5, 0.6) is 0 Å². The van der Waals surface area contributed by atoms with E-state index >= 15 is 0 Å². The number of rotatable bonds is 2. The lowest BCUT2D eigenvalue weighted by atomic mass is 9.95. The van der Waals surface area contributed by atoms with Gasteiger partial charge in [-0.25, -0.2) is 0 Å². The van der Waals surface area contributed by atoms with Crippen LogP contribution in [-0.4, -0.2) is 30.6 Å². The molecular formula is C13H26N2. The molecular weight excluding hydrogens is 184 g/mol. The second kappa shape index (κ2) is 5.31. The van der Waals surface area contributed by atoms with Crippen LogP contribution in [0, 0.1) is 11.8 Å². The Bertz CT molecular complexity index is 193. The first-order chi connectivity index (χ1) is 7.25. The summed E-state index contributed by atoms with van der Waals surface area (Å²) in [7, 11) is 0. The molecule has 1 saturated heterocycles. The predicted molar refractivity (Wildman–Crippen MR) is 64.8 cm³/mol. The average Bonchev–Trinajstić information content (AvgIpc) is 2.50. The Morgan fingerprint density at radius 1 is 1.13 bits per heavy atom. The summed E-state index contributed by atoms with van der Waals surface area (Å²) < 4.78 is 0. The minimum Gasteiger partial charge on any atom is -0.327 e. The molecule has 1 aliphatic carbocycles. The van der Waals surface area contributed by atoms with Gasteiger partial charge in [-0.1, -0.05) is 26.2 Å². The molecule has 2 rings (SSSR count). The maximum atomic E-state index is 6.27. The van der Waals surface area contributed by atoms with Crippen LogP contribution < -0.4 is 5.73 Å². The number of hydrogen-bond acceptors (Lipinski definition) is 2. The van der Waals surface area contributed by atoms with E-state index in [-0.39, 0.29) is 0 Å². The van der Waals surface area contributed by atoms with Gasteiger partial charge in [0.25, 0.3) is 0 Å². The maximum Gasteiger partial charge on any atom is 0.00793 e. The van der Waals surface area contributed by atoms with Crippen LogP contribution in [0.1, 0.15) is 45.4 Å². The third kappa shape index (κ3) is 3.18. The highest BCUT2D eigenvalue weighted by molar-refractivity contribution is 4.82. The Labute approximate surface area is 94.2 Å². The molecule has 2 N–H and O–H groups in total. The average molecular weight is 210 g/mol. The molecule has 3 atom stereocenters. The van der Waals surface area contributed by atoms with E-state index in [2.05, 4.69) is 11.8 Å². The Hall–Kier alpha value is -0.0800. The lowest BCUT2D eigenvalue weighted by molar-refractivity contribution is 0.238. The van der Waals surface area contributed by atoms with Gasteiger partial charge < -0.3 is 10.6 Å². The number of hydrogen-bond donors (Lipinski definition) is 1. The molecule has 3 unspecified atom stereocenters. The second-order valence-corrected chi connectivity index (χ2v) is 5.72. The number of nitrogens with two attached hydrogens (primary N) is 1. The molecule has 2 aliphatic rings. The molecule has 0 aromatic heterocycles. The molecule has 0 bridgehead atoms. The standard InChI is InChI=1S/C13H26N2/c1-11-7-8-15(9-11)10-12-5-3-2-4-6-13(12)14/h11-13H,2-10,14H2,1H3. The van der Waals surface area contributed by atoms with Crippen LogP contribution in [0.2, 0.25) is 0 Å². The van der Waals surface area contributed by atoms with E-state index in [0.717, 1.165) is 11.8 Å². The van der Waals surface area contributed by atoms with Crippen molar-refractivity contribution in [3.8, 4) is 0 Å². The summed E-state index contributed by atoms with van der Waals surface area (Å²) >= 11 is 0. The Balaban J connectivity index is 1.81. The molecule has 88 valence electrons. The van der Waals surface area contributed by atoms with Crippen molar-refractivity contribution < 1.29 is 0 Å². The zero-order valence-electron chi connectivity index (χ0n) is 10.1. The topological polar surface area (TPSA) is 29.3 Å². The zero-order valence-corrected chi connectivity index (χ0v) is 10.1. The van der Waals surface area contributed by atoms with Gasteiger partial charge in [0.15, 0.2) is 0 Å². The van der Waals surface area contributed by atoms with E-state index in [1.165, 1.54) is 58.2 Å². The van der Waals surface area contributed by atoms with Gasteiger partial charge in [-0.3, -0.25) is 0 Å². The Morgan fingerprint density at radius 2 is 1.93 bits per heavy atom. The fraction of sp³-hybridized carbons (Fsp3) is 1.00. The van der Waals surface area contributed by atoms with Crippen molar-refractivity contribution in [2.75, 3.05) is 19.6 Å². The summed E-state index contributed by atoms with van der Waals surface area (Å²) in [5.74, 6) is 1.69. The van der Waals surface area contributed by atoms with Gasteiger partial charge in [-0.2, -0.15) is 0 Å². The summed E-state index contributed by atoms with van der Waals surface area (Å²) in [4.78, 5) is 2.64. The van der Waals surface area contributed by atoms with Crippen molar-refractivity contribution in [3.63, 3.8) is 0 Å². The van der Waals surface area contributed by atoms with Crippen molar-refractivity contribution in [1.29, 1.82) is 0 Å². The fourth-order valence-corrected chi connectivity index (χ4v) is 3.16. The highest BCUT2D eigenvalue weighted by Crippen LogP contribution is 2.25. The molecule has 0 aromatic rings. The molecule has 2 fully saturated rings. The minimum absolute atomic E-state index is 0.475. The lowest BCUT2D eigenvalue weighted by Crippen LogP contribution is -2.38. The summed E-state index contributed by atoms with van der Waals surface area (Å²) in [5.41, 5.74) is 6.27. The van der Waals surface area contributed by atoms with Gasteiger partial charge in [-0.15, -0.1) is 0 Å². The monoisotopic (exact) mass is 210 g/mol. The van der Waals surface area contributed by atoms with E-state index in [1.54, 1.807) is 0 Å². The van der Waals surface area contributed by atoms with Crippen molar-refractivity contribution in [2.24, 2.45) is 17.6 Å². The van der Waals surface area contributed by atoms with E-state index in [0.29, 0.717) is 6.04 Å². The van der Waals surface area contributed by atoms with Crippen LogP contribution in [0.25, 0.3) is 0 Å². The van der Waals surface area contributed by atoms with Crippen LogP contribution in [0.3, 0.4) is 0 Å². The molecule has 15 heavy (non-hydrogen) atoms. The first-order valence-electron chi connectivity index (χ1n) is 6.73. The quantitative estimate of drug-likeness (QED) is 0.708. The van der Waals surface area contributed by atoms with E-state index in [9.17, 15) is 0 Å². The SMILES string of the molecule is CC1CCN(CC2CCCCCC2N)C1. The molecule has 0 radical (unpaired) electrons. The smallest absolute Gasteiger partial charge is 0.00793 e. The molecule has 2 heteroatoms. The highest BCUT2D eigenvalue weighted by atomic mass is 15.1. The largest absolute Gasteiger partial charge is 0.327 e. The van der Waals surface area contributed by atoms with Crippen LogP contribution in [-0.2, 0) is 0 Å². The third-order valence-corrected chi connectivity index (χ3v) is 4.22. The maximum absolute atomic E-state index is 6.27. The molecule has 1 heterocycles. The lowest BCUT2D eigenvalue weighted by Gasteiger charge is -2.26. The summed E-state index contributed by atoms with van der Waals surface area (Å²) in [6.07, 6.45) is 8.18. The van der Waals surface area contributed by atoms with Gasteiger partial charge >= 0.3 is 0 Å². The minimum atomic E-state index is 0.475. The summed E-state index contributed by atoms with van der Waals surface area (Å²) in [5, 5.41) is 0. The second-order valence-electron chi connectivity index (χ2n) is 5.72. The van der Waals surface area contributed by atoms with Crippen molar-refractivity contribution in [2.45, 2.75) is 51.5 Å². The Kier molecular flexibility index (Phi) is 4.04. The summed E-state index contributed by atoms with van der Waals surface area (Å²) in [6, 6.07) is 0.475. The number of likely N-dealkylation sites (tertiary alicyclic amines) is 1. The number of nitrogens with zero attached hydrogens (tertiary/aromatic N) is 1. The summed E-state index contributed by atoms with van der Waals surface area (Å²) in [6.45, 7) is 6.26. The first-order valence-corrected chi connectivity index (χ1v) is 6.73. The molecule has 1 saturated carbocycles. The third-order valence-electron chi connectivity index (χ3n) is 4.22. The zero-order chi connectivity index (χ0) is 10.7. The molecule has 2 nitrogen and oxygen atoms in total. The molecule has 1 aliphatic heterocycles. The van der Waals surface area contributed by atoms with Crippen LogP contribution in [0.4, 0.5) is 0 Å². The van der Waals surface area contributed by atoms with E-state index in [4.69, 9.17) is 5.73 Å². The van der Waals surface area contributed by atoms with Gasteiger partial charge in [-0.05, 0) is 37.6 Å². The predicted octanol–water partition coefficient (Wildman–Crippen LogP) is 2.24. The molecule has 0 spiro atoms. The van der Waals surface area contributed by atoms with E-state index < -0.39 is 0 Å². The highest BCUT2D eigenvalue weighted by Gasteiger charge is 2.26. The first kappa shape index (κ1) is 11.4. The van der Waals surface area contributed by atoms with Gasteiger partial charge in [0.1, 0.15) is 0 Å². The van der Waals surface area contributed by atoms with Crippen LogP contribution >= 0.6 is 0 Å². The van der Waals surface area contributed by atoms with Crippen molar-refractivity contribution in [3.05, 3.63) is 0 Å². The van der Waals surface area contributed by atoms with Crippen LogP contribution in [0.15, 0.2) is 0 Å². The van der Waals surface area contributed by atoms with E-state index in [1.807, 2.05) is 0 Å². The van der Waals surface area contributed by atoms with Gasteiger partial charge in [0.05, 0.1) is 0 Å².